The lowest BCUT2D eigenvalue weighted by molar-refractivity contribution is 0.0992. The molecule has 2 aromatic carbocycles. The highest BCUT2D eigenvalue weighted by Gasteiger charge is 2.13. The minimum atomic E-state index is -0.285. The molecular weight excluding hydrogens is 350 g/mol. The Balaban J connectivity index is 1.64. The normalized spacial score (nSPS) is 10.6. The maximum absolute atomic E-state index is 12.4. The molecule has 0 spiro atoms. The highest BCUT2D eigenvalue weighted by atomic mass is 35.5. The molecule has 3 rings (SSSR count). The maximum Gasteiger partial charge on any atom is 0.291 e. The Kier molecular flexibility index (Phi) is 5.33. The first-order valence-electron chi connectivity index (χ1n) is 8.28. The molecule has 3 aromatic rings. The van der Waals surface area contributed by atoms with Crippen LogP contribution in [-0.4, -0.2) is 5.91 Å². The lowest BCUT2D eigenvalue weighted by Crippen LogP contribution is -2.12. The fraction of sp³-hybridized carbons (Fsp3) is 0.190. The molecule has 0 saturated carbocycles. The van der Waals surface area contributed by atoms with Crippen molar-refractivity contribution in [2.75, 3.05) is 5.32 Å². The largest absolute Gasteiger partial charge is 0.486 e. The molecule has 1 heterocycles. The zero-order chi connectivity index (χ0) is 18.7. The Hall–Kier alpha value is -2.72. The van der Waals surface area contributed by atoms with Crippen LogP contribution in [0.25, 0.3) is 0 Å². The Morgan fingerprint density at radius 1 is 1.04 bits per heavy atom. The van der Waals surface area contributed by atoms with Crippen LogP contribution in [-0.2, 0) is 6.61 Å². The predicted octanol–water partition coefficient (Wildman–Crippen LogP) is 5.69. The minimum absolute atomic E-state index is 0.234. The first-order chi connectivity index (χ1) is 12.4. The lowest BCUT2D eigenvalue weighted by Gasteiger charge is -2.08. The molecular formula is C21H20ClNO3. The number of anilines is 1. The summed E-state index contributed by atoms with van der Waals surface area (Å²) in [6, 6.07) is 14.7. The average molecular weight is 370 g/mol. The number of furan rings is 1. The zero-order valence-corrected chi connectivity index (χ0v) is 15.7. The van der Waals surface area contributed by atoms with Crippen LogP contribution in [0.15, 0.2) is 52.9 Å². The van der Waals surface area contributed by atoms with Crippen molar-refractivity contribution in [3.05, 3.63) is 81.8 Å². The number of benzene rings is 2. The van der Waals surface area contributed by atoms with Crippen molar-refractivity contribution in [1.82, 2.24) is 0 Å². The van der Waals surface area contributed by atoms with Crippen LogP contribution >= 0.6 is 11.6 Å². The molecule has 4 nitrogen and oxygen atoms in total. The number of halogens is 1. The third kappa shape index (κ3) is 4.27. The zero-order valence-electron chi connectivity index (χ0n) is 14.9. The van der Waals surface area contributed by atoms with Crippen LogP contribution in [0.1, 0.15) is 33.0 Å². The number of hydrogen-bond acceptors (Lipinski definition) is 3. The number of carbonyl (C=O) groups is 1. The van der Waals surface area contributed by atoms with Gasteiger partial charge in [0.25, 0.3) is 5.91 Å². The molecule has 1 N–H and O–H groups in total. The van der Waals surface area contributed by atoms with Gasteiger partial charge in [-0.25, -0.2) is 0 Å². The van der Waals surface area contributed by atoms with Crippen LogP contribution in [0.5, 0.6) is 5.75 Å². The van der Waals surface area contributed by atoms with E-state index in [1.807, 2.05) is 45.0 Å². The first-order valence-corrected chi connectivity index (χ1v) is 8.66. The van der Waals surface area contributed by atoms with Crippen molar-refractivity contribution in [1.29, 1.82) is 0 Å². The molecule has 5 heteroatoms. The fourth-order valence-corrected chi connectivity index (χ4v) is 2.61. The van der Waals surface area contributed by atoms with Gasteiger partial charge in [-0.15, -0.1) is 0 Å². The topological polar surface area (TPSA) is 51.5 Å². The van der Waals surface area contributed by atoms with Crippen LogP contribution in [0.2, 0.25) is 5.02 Å². The molecule has 0 aliphatic rings. The van der Waals surface area contributed by atoms with E-state index in [1.54, 1.807) is 24.3 Å². The molecule has 0 unspecified atom stereocenters. The van der Waals surface area contributed by atoms with Crippen LogP contribution in [0, 0.1) is 20.8 Å². The fourth-order valence-electron chi connectivity index (χ4n) is 2.49. The Morgan fingerprint density at radius 3 is 2.62 bits per heavy atom. The van der Waals surface area contributed by atoms with E-state index in [1.165, 1.54) is 0 Å². The maximum atomic E-state index is 12.4. The van der Waals surface area contributed by atoms with E-state index in [2.05, 4.69) is 5.32 Å². The highest BCUT2D eigenvalue weighted by molar-refractivity contribution is 6.31. The Morgan fingerprint density at radius 2 is 1.85 bits per heavy atom. The van der Waals surface area contributed by atoms with Gasteiger partial charge in [0.2, 0.25) is 0 Å². The number of nitrogens with one attached hydrogen (secondary N) is 1. The van der Waals surface area contributed by atoms with E-state index in [9.17, 15) is 4.79 Å². The first kappa shape index (κ1) is 18.1. The number of carbonyl (C=O) groups excluding carboxylic acids is 1. The summed E-state index contributed by atoms with van der Waals surface area (Å²) in [4.78, 5) is 12.4. The number of hydrogen-bond donors (Lipinski definition) is 1. The van der Waals surface area contributed by atoms with Gasteiger partial charge < -0.3 is 14.5 Å². The van der Waals surface area contributed by atoms with Crippen LogP contribution in [0.4, 0.5) is 5.69 Å². The average Bonchev–Trinajstić information content (AvgIpc) is 3.08. The molecule has 0 aliphatic heterocycles. The molecule has 26 heavy (non-hydrogen) atoms. The second kappa shape index (κ2) is 7.67. The number of aryl methyl sites for hydroxylation is 3. The summed E-state index contributed by atoms with van der Waals surface area (Å²) in [7, 11) is 0. The summed E-state index contributed by atoms with van der Waals surface area (Å²) in [6.07, 6.45) is 0. The van der Waals surface area contributed by atoms with Gasteiger partial charge in [-0.1, -0.05) is 23.7 Å². The van der Waals surface area contributed by atoms with Gasteiger partial charge in [0.15, 0.2) is 5.76 Å². The van der Waals surface area contributed by atoms with E-state index in [0.29, 0.717) is 16.5 Å². The van der Waals surface area contributed by atoms with E-state index in [0.717, 1.165) is 22.4 Å². The molecule has 0 fully saturated rings. The van der Waals surface area contributed by atoms with Crippen molar-refractivity contribution in [2.24, 2.45) is 0 Å². The number of amides is 1. The monoisotopic (exact) mass is 369 g/mol. The van der Waals surface area contributed by atoms with Crippen LogP contribution < -0.4 is 10.1 Å². The quantitative estimate of drug-likeness (QED) is 0.628. The van der Waals surface area contributed by atoms with Gasteiger partial charge in [0.05, 0.1) is 0 Å². The third-order valence-corrected chi connectivity index (χ3v) is 4.46. The van der Waals surface area contributed by atoms with E-state index >= 15 is 0 Å². The predicted molar refractivity (Wildman–Crippen MR) is 103 cm³/mol. The summed E-state index contributed by atoms with van der Waals surface area (Å²) in [5.74, 6) is 1.23. The van der Waals surface area contributed by atoms with Crippen molar-refractivity contribution in [3.63, 3.8) is 0 Å². The molecule has 1 amide bonds. The number of rotatable bonds is 5. The van der Waals surface area contributed by atoms with Gasteiger partial charge in [-0.05, 0) is 73.9 Å². The lowest BCUT2D eigenvalue weighted by atomic mass is 10.1. The molecule has 134 valence electrons. The molecule has 1 aromatic heterocycles. The summed E-state index contributed by atoms with van der Waals surface area (Å²) < 4.78 is 11.3. The molecule has 0 bridgehead atoms. The Bertz CT molecular complexity index is 946. The Labute approximate surface area is 157 Å². The van der Waals surface area contributed by atoms with Gasteiger partial charge in [0, 0.05) is 10.7 Å². The summed E-state index contributed by atoms with van der Waals surface area (Å²) in [5.41, 5.74) is 3.80. The van der Waals surface area contributed by atoms with Crippen molar-refractivity contribution in [2.45, 2.75) is 27.4 Å². The summed E-state index contributed by atoms with van der Waals surface area (Å²) in [6.45, 7) is 6.08. The molecule has 0 aliphatic carbocycles. The molecule has 0 saturated heterocycles. The standard InChI is InChI=1S/C21H20ClNO3/c1-13-4-5-14(2)19(10-13)23-21(24)20-9-7-17(26-20)12-25-16-6-8-18(22)15(3)11-16/h4-11H,12H2,1-3H3,(H,23,24). The summed E-state index contributed by atoms with van der Waals surface area (Å²) in [5, 5.41) is 3.58. The second-order valence-electron chi connectivity index (χ2n) is 6.24. The van der Waals surface area contributed by atoms with Crippen LogP contribution in [0.3, 0.4) is 0 Å². The van der Waals surface area contributed by atoms with Gasteiger partial charge in [-0.2, -0.15) is 0 Å². The minimum Gasteiger partial charge on any atom is -0.486 e. The van der Waals surface area contributed by atoms with E-state index in [4.69, 9.17) is 20.8 Å². The molecule has 0 atom stereocenters. The van der Waals surface area contributed by atoms with E-state index < -0.39 is 0 Å². The van der Waals surface area contributed by atoms with Crippen molar-refractivity contribution in [3.8, 4) is 5.75 Å². The smallest absolute Gasteiger partial charge is 0.291 e. The third-order valence-electron chi connectivity index (χ3n) is 4.04. The highest BCUT2D eigenvalue weighted by Crippen LogP contribution is 2.22. The van der Waals surface area contributed by atoms with Crippen molar-refractivity contribution >= 4 is 23.2 Å². The second-order valence-corrected chi connectivity index (χ2v) is 6.65. The SMILES string of the molecule is Cc1ccc(C)c(NC(=O)c2ccc(COc3ccc(Cl)c(C)c3)o2)c1. The number of ether oxygens (including phenoxy) is 1. The van der Waals surface area contributed by atoms with E-state index in [-0.39, 0.29) is 18.3 Å². The van der Waals surface area contributed by atoms with Crippen molar-refractivity contribution < 1.29 is 13.9 Å². The summed E-state index contributed by atoms with van der Waals surface area (Å²) >= 11 is 6.00. The van der Waals surface area contributed by atoms with Gasteiger partial charge >= 0.3 is 0 Å². The van der Waals surface area contributed by atoms with Gasteiger partial charge in [0.1, 0.15) is 18.1 Å². The van der Waals surface area contributed by atoms with Gasteiger partial charge in [-0.3, -0.25) is 4.79 Å². The molecule has 0 radical (unpaired) electrons.